The molecule has 3 heteroatoms. The lowest BCUT2D eigenvalue weighted by Crippen LogP contribution is -2.35. The summed E-state index contributed by atoms with van der Waals surface area (Å²) in [7, 11) is 4.48. The summed E-state index contributed by atoms with van der Waals surface area (Å²) in [5.74, 6) is 0.965. The van der Waals surface area contributed by atoms with Crippen LogP contribution < -0.4 is 5.32 Å². The first kappa shape index (κ1) is 14.9. The SMILES string of the molecule is CC(C)NCCN(C)CCC1CCN(C)CC1. The molecule has 0 aromatic carbocycles. The predicted molar refractivity (Wildman–Crippen MR) is 75.5 cm³/mol. The summed E-state index contributed by atoms with van der Waals surface area (Å²) >= 11 is 0. The van der Waals surface area contributed by atoms with Gasteiger partial charge in [-0.05, 0) is 58.9 Å². The van der Waals surface area contributed by atoms with E-state index < -0.39 is 0 Å². The van der Waals surface area contributed by atoms with Crippen molar-refractivity contribution >= 4 is 0 Å². The van der Waals surface area contributed by atoms with Gasteiger partial charge in [0.05, 0.1) is 0 Å². The summed E-state index contributed by atoms with van der Waals surface area (Å²) in [5.41, 5.74) is 0. The quantitative estimate of drug-likeness (QED) is 0.731. The van der Waals surface area contributed by atoms with Crippen LogP contribution in [-0.4, -0.2) is 62.7 Å². The first-order valence-electron chi connectivity index (χ1n) is 7.18. The third-order valence-electron chi connectivity index (χ3n) is 3.80. The number of piperidine rings is 1. The average molecular weight is 241 g/mol. The van der Waals surface area contributed by atoms with Gasteiger partial charge in [-0.1, -0.05) is 13.8 Å². The Hall–Kier alpha value is -0.120. The minimum atomic E-state index is 0.609. The van der Waals surface area contributed by atoms with Gasteiger partial charge in [-0.15, -0.1) is 0 Å². The molecule has 0 radical (unpaired) electrons. The number of nitrogens with zero attached hydrogens (tertiary/aromatic N) is 2. The highest BCUT2D eigenvalue weighted by molar-refractivity contribution is 4.71. The van der Waals surface area contributed by atoms with Gasteiger partial charge in [-0.25, -0.2) is 0 Å². The molecule has 1 rings (SSSR count). The lowest BCUT2D eigenvalue weighted by molar-refractivity contribution is 0.195. The van der Waals surface area contributed by atoms with Crippen molar-refractivity contribution in [3.05, 3.63) is 0 Å². The third kappa shape index (κ3) is 7.02. The second-order valence-corrected chi connectivity index (χ2v) is 5.95. The normalized spacial score (nSPS) is 19.4. The summed E-state index contributed by atoms with van der Waals surface area (Å²) < 4.78 is 0. The van der Waals surface area contributed by atoms with Crippen molar-refractivity contribution < 1.29 is 0 Å². The van der Waals surface area contributed by atoms with Gasteiger partial charge in [0.2, 0.25) is 0 Å². The van der Waals surface area contributed by atoms with Gasteiger partial charge >= 0.3 is 0 Å². The predicted octanol–water partition coefficient (Wildman–Crippen LogP) is 1.65. The second kappa shape index (κ2) is 8.06. The molecule has 17 heavy (non-hydrogen) atoms. The molecule has 0 bridgehead atoms. The van der Waals surface area contributed by atoms with Crippen LogP contribution >= 0.6 is 0 Å². The second-order valence-electron chi connectivity index (χ2n) is 5.95. The number of hydrogen-bond acceptors (Lipinski definition) is 3. The van der Waals surface area contributed by atoms with Crippen LogP contribution in [0.4, 0.5) is 0 Å². The number of rotatable bonds is 7. The fourth-order valence-electron chi connectivity index (χ4n) is 2.41. The molecule has 0 amide bonds. The molecule has 1 saturated heterocycles. The molecule has 1 heterocycles. The third-order valence-corrected chi connectivity index (χ3v) is 3.80. The van der Waals surface area contributed by atoms with E-state index >= 15 is 0 Å². The average Bonchev–Trinajstić information content (AvgIpc) is 2.28. The van der Waals surface area contributed by atoms with Gasteiger partial charge in [0.15, 0.2) is 0 Å². The zero-order valence-electron chi connectivity index (χ0n) is 12.2. The maximum Gasteiger partial charge on any atom is 0.0104 e. The Morgan fingerprint density at radius 3 is 2.47 bits per heavy atom. The first-order chi connectivity index (χ1) is 8.08. The molecule has 1 aliphatic rings. The Labute approximate surface area is 108 Å². The maximum absolute atomic E-state index is 3.47. The fourth-order valence-corrected chi connectivity index (χ4v) is 2.41. The largest absolute Gasteiger partial charge is 0.313 e. The molecule has 0 aliphatic carbocycles. The van der Waals surface area contributed by atoms with Crippen molar-refractivity contribution in [2.24, 2.45) is 5.92 Å². The zero-order valence-corrected chi connectivity index (χ0v) is 12.2. The minimum Gasteiger partial charge on any atom is -0.313 e. The van der Waals surface area contributed by atoms with Crippen molar-refractivity contribution in [1.82, 2.24) is 15.1 Å². The molecule has 0 aromatic heterocycles. The van der Waals surface area contributed by atoms with Crippen LogP contribution in [0, 0.1) is 5.92 Å². The van der Waals surface area contributed by atoms with Gasteiger partial charge in [0.1, 0.15) is 0 Å². The number of hydrogen-bond donors (Lipinski definition) is 1. The van der Waals surface area contributed by atoms with Crippen molar-refractivity contribution in [3.8, 4) is 0 Å². The highest BCUT2D eigenvalue weighted by Crippen LogP contribution is 2.19. The Morgan fingerprint density at radius 1 is 1.24 bits per heavy atom. The van der Waals surface area contributed by atoms with Crippen LogP contribution in [0.5, 0.6) is 0 Å². The summed E-state index contributed by atoms with van der Waals surface area (Å²) in [6.45, 7) is 10.5. The van der Waals surface area contributed by atoms with Crippen molar-refractivity contribution in [3.63, 3.8) is 0 Å². The van der Waals surface area contributed by atoms with Gasteiger partial charge in [0.25, 0.3) is 0 Å². The smallest absolute Gasteiger partial charge is 0.0104 e. The zero-order chi connectivity index (χ0) is 12.7. The molecule has 0 unspecified atom stereocenters. The highest BCUT2D eigenvalue weighted by Gasteiger charge is 2.16. The lowest BCUT2D eigenvalue weighted by atomic mass is 9.94. The molecule has 1 fully saturated rings. The first-order valence-corrected chi connectivity index (χ1v) is 7.18. The Morgan fingerprint density at radius 2 is 1.88 bits per heavy atom. The number of likely N-dealkylation sites (tertiary alicyclic amines) is 1. The summed E-state index contributed by atoms with van der Waals surface area (Å²) in [6.07, 6.45) is 4.18. The molecule has 1 N–H and O–H groups in total. The van der Waals surface area contributed by atoms with Crippen LogP contribution in [-0.2, 0) is 0 Å². The molecule has 0 spiro atoms. The number of likely N-dealkylation sites (N-methyl/N-ethyl adjacent to an activating group) is 1. The van der Waals surface area contributed by atoms with Crippen LogP contribution in [0.3, 0.4) is 0 Å². The van der Waals surface area contributed by atoms with E-state index in [9.17, 15) is 0 Å². The molecular formula is C14H31N3. The Bertz CT molecular complexity index is 186. The van der Waals surface area contributed by atoms with Gasteiger partial charge in [0, 0.05) is 19.1 Å². The van der Waals surface area contributed by atoms with Crippen LogP contribution in [0.1, 0.15) is 33.1 Å². The van der Waals surface area contributed by atoms with E-state index in [1.54, 1.807) is 0 Å². The van der Waals surface area contributed by atoms with E-state index in [2.05, 4.69) is 43.1 Å². The lowest BCUT2D eigenvalue weighted by Gasteiger charge is -2.30. The van der Waals surface area contributed by atoms with Gasteiger partial charge in [-0.3, -0.25) is 0 Å². The monoisotopic (exact) mass is 241 g/mol. The molecule has 0 saturated carbocycles. The molecular weight excluding hydrogens is 210 g/mol. The van der Waals surface area contributed by atoms with E-state index in [1.165, 1.54) is 45.4 Å². The summed E-state index contributed by atoms with van der Waals surface area (Å²) in [4.78, 5) is 4.92. The van der Waals surface area contributed by atoms with Crippen molar-refractivity contribution in [2.75, 3.05) is 46.8 Å². The van der Waals surface area contributed by atoms with Crippen molar-refractivity contribution in [1.29, 1.82) is 0 Å². The molecule has 0 atom stereocenters. The summed E-state index contributed by atoms with van der Waals surface area (Å²) in [5, 5.41) is 3.47. The van der Waals surface area contributed by atoms with Gasteiger partial charge < -0.3 is 15.1 Å². The molecule has 1 aliphatic heterocycles. The minimum absolute atomic E-state index is 0.609. The standard InChI is InChI=1S/C14H31N3/c1-13(2)15-8-12-17(4)11-7-14-5-9-16(3)10-6-14/h13-15H,5-12H2,1-4H3. The van der Waals surface area contributed by atoms with Crippen LogP contribution in [0.15, 0.2) is 0 Å². The highest BCUT2D eigenvalue weighted by atomic mass is 15.1. The summed E-state index contributed by atoms with van der Waals surface area (Å²) in [6, 6.07) is 0.609. The van der Waals surface area contributed by atoms with E-state index in [1.807, 2.05) is 0 Å². The van der Waals surface area contributed by atoms with E-state index in [0.717, 1.165) is 12.5 Å². The number of nitrogens with one attached hydrogen (secondary N) is 1. The van der Waals surface area contributed by atoms with E-state index in [0.29, 0.717) is 6.04 Å². The maximum atomic E-state index is 3.47. The Kier molecular flexibility index (Phi) is 7.09. The van der Waals surface area contributed by atoms with E-state index in [-0.39, 0.29) is 0 Å². The van der Waals surface area contributed by atoms with Gasteiger partial charge in [-0.2, -0.15) is 0 Å². The topological polar surface area (TPSA) is 18.5 Å². The van der Waals surface area contributed by atoms with E-state index in [4.69, 9.17) is 0 Å². The van der Waals surface area contributed by atoms with Crippen molar-refractivity contribution in [2.45, 2.75) is 39.2 Å². The Balaban J connectivity index is 2.01. The van der Waals surface area contributed by atoms with Crippen LogP contribution in [0.25, 0.3) is 0 Å². The molecule has 3 nitrogen and oxygen atoms in total. The fraction of sp³-hybridized carbons (Fsp3) is 1.00. The van der Waals surface area contributed by atoms with Crippen LogP contribution in [0.2, 0.25) is 0 Å². The molecule has 102 valence electrons. The molecule has 0 aromatic rings.